The van der Waals surface area contributed by atoms with Crippen LogP contribution in [0.1, 0.15) is 48.2 Å². The molecule has 94 valence electrons. The lowest BCUT2D eigenvalue weighted by atomic mass is 9.95. The van der Waals surface area contributed by atoms with Gasteiger partial charge in [0.05, 0.1) is 6.61 Å². The Bertz CT molecular complexity index is 424. The van der Waals surface area contributed by atoms with E-state index in [1.807, 2.05) is 6.07 Å². The molecule has 1 saturated carbocycles. The van der Waals surface area contributed by atoms with Gasteiger partial charge in [-0.3, -0.25) is 0 Å². The van der Waals surface area contributed by atoms with Gasteiger partial charge in [0.2, 0.25) is 0 Å². The number of carboxylic acid groups (broad SMARTS) is 1. The van der Waals surface area contributed by atoms with Crippen LogP contribution in [-0.4, -0.2) is 17.7 Å². The molecule has 0 unspecified atom stereocenters. The predicted octanol–water partition coefficient (Wildman–Crippen LogP) is 3.53. The number of thiophene rings is 1. The van der Waals surface area contributed by atoms with Crippen molar-refractivity contribution in [2.75, 3.05) is 6.61 Å². The summed E-state index contributed by atoms with van der Waals surface area (Å²) >= 11 is 1.32. The second-order valence-corrected chi connectivity index (χ2v) is 6.67. The minimum absolute atomic E-state index is 0.0317. The maximum absolute atomic E-state index is 11.2. The molecule has 2 rings (SSSR count). The number of hydrogen-bond donors (Lipinski definition) is 1. The van der Waals surface area contributed by atoms with Crippen LogP contribution >= 0.6 is 11.3 Å². The van der Waals surface area contributed by atoms with Gasteiger partial charge in [0.15, 0.2) is 4.88 Å². The summed E-state index contributed by atoms with van der Waals surface area (Å²) in [5.41, 5.74) is -0.0317. The van der Waals surface area contributed by atoms with Gasteiger partial charge in [0.1, 0.15) is 5.75 Å². The summed E-state index contributed by atoms with van der Waals surface area (Å²) in [4.78, 5) is 12.5. The van der Waals surface area contributed by atoms with E-state index in [1.54, 1.807) is 0 Å². The molecule has 1 heterocycles. The van der Waals surface area contributed by atoms with Gasteiger partial charge in [-0.1, -0.05) is 20.8 Å². The van der Waals surface area contributed by atoms with E-state index in [1.165, 1.54) is 24.2 Å². The third-order valence-electron chi connectivity index (χ3n) is 2.80. The molecule has 1 fully saturated rings. The molecule has 0 saturated heterocycles. The Labute approximate surface area is 105 Å². The van der Waals surface area contributed by atoms with E-state index in [2.05, 4.69) is 20.8 Å². The van der Waals surface area contributed by atoms with Crippen molar-refractivity contribution in [2.45, 2.75) is 39.0 Å². The van der Waals surface area contributed by atoms with Gasteiger partial charge in [-0.15, -0.1) is 11.3 Å². The van der Waals surface area contributed by atoms with Crippen LogP contribution in [0.3, 0.4) is 0 Å². The summed E-state index contributed by atoms with van der Waals surface area (Å²) in [6, 6.07) is 1.89. The maximum Gasteiger partial charge on any atom is 0.349 e. The van der Waals surface area contributed by atoms with Crippen LogP contribution in [0, 0.1) is 5.92 Å². The average molecular weight is 254 g/mol. The molecule has 3 nitrogen and oxygen atoms in total. The van der Waals surface area contributed by atoms with Crippen molar-refractivity contribution in [3.05, 3.63) is 15.8 Å². The lowest BCUT2D eigenvalue weighted by Crippen LogP contribution is -2.08. The van der Waals surface area contributed by atoms with Crippen LogP contribution in [0.2, 0.25) is 0 Å². The Morgan fingerprint density at radius 1 is 1.53 bits per heavy atom. The summed E-state index contributed by atoms with van der Waals surface area (Å²) < 4.78 is 5.63. The third-order valence-corrected chi connectivity index (χ3v) is 4.33. The van der Waals surface area contributed by atoms with Crippen molar-refractivity contribution >= 4 is 17.3 Å². The van der Waals surface area contributed by atoms with Gasteiger partial charge >= 0.3 is 5.97 Å². The molecule has 17 heavy (non-hydrogen) atoms. The summed E-state index contributed by atoms with van der Waals surface area (Å²) in [6.45, 7) is 6.89. The molecule has 1 aliphatic rings. The highest BCUT2D eigenvalue weighted by atomic mass is 32.1. The molecule has 1 aromatic rings. The van der Waals surface area contributed by atoms with Crippen molar-refractivity contribution in [1.29, 1.82) is 0 Å². The molecule has 0 radical (unpaired) electrons. The van der Waals surface area contributed by atoms with E-state index >= 15 is 0 Å². The van der Waals surface area contributed by atoms with E-state index in [4.69, 9.17) is 9.84 Å². The van der Waals surface area contributed by atoms with Crippen LogP contribution < -0.4 is 4.74 Å². The lowest BCUT2D eigenvalue weighted by Gasteiger charge is -2.14. The van der Waals surface area contributed by atoms with Gasteiger partial charge in [0.25, 0.3) is 0 Å². The molecule has 0 bridgehead atoms. The molecule has 0 aliphatic heterocycles. The number of carboxylic acids is 1. The Morgan fingerprint density at radius 2 is 2.18 bits per heavy atom. The normalized spacial score (nSPS) is 15.9. The Balaban J connectivity index is 2.21. The topological polar surface area (TPSA) is 46.5 Å². The van der Waals surface area contributed by atoms with Crippen molar-refractivity contribution in [2.24, 2.45) is 5.92 Å². The highest BCUT2D eigenvalue weighted by Gasteiger charge is 2.26. The zero-order chi connectivity index (χ0) is 12.6. The number of carbonyl (C=O) groups is 1. The second kappa shape index (κ2) is 4.33. The lowest BCUT2D eigenvalue weighted by molar-refractivity contribution is 0.0698. The largest absolute Gasteiger partial charge is 0.491 e. The monoisotopic (exact) mass is 254 g/mol. The maximum atomic E-state index is 11.2. The molecule has 1 aliphatic carbocycles. The van der Waals surface area contributed by atoms with Gasteiger partial charge in [0, 0.05) is 4.88 Å². The summed E-state index contributed by atoms with van der Waals surface area (Å²) in [7, 11) is 0. The van der Waals surface area contributed by atoms with Gasteiger partial charge in [-0.2, -0.15) is 0 Å². The molecule has 1 aromatic heterocycles. The average Bonchev–Trinajstić information content (AvgIpc) is 2.91. The molecule has 4 heteroatoms. The van der Waals surface area contributed by atoms with Crippen LogP contribution in [0.5, 0.6) is 5.75 Å². The fourth-order valence-electron chi connectivity index (χ4n) is 1.49. The first-order chi connectivity index (χ1) is 7.88. The summed E-state index contributed by atoms with van der Waals surface area (Å²) in [6.07, 6.45) is 2.41. The highest BCUT2D eigenvalue weighted by Crippen LogP contribution is 2.38. The van der Waals surface area contributed by atoms with Crippen molar-refractivity contribution < 1.29 is 14.6 Å². The SMILES string of the molecule is CC(C)(C)c1cc(OCC2CC2)c(C(=O)O)s1. The fourth-order valence-corrected chi connectivity index (χ4v) is 2.49. The minimum atomic E-state index is -0.892. The van der Waals surface area contributed by atoms with Crippen LogP contribution in [0.15, 0.2) is 6.07 Å². The summed E-state index contributed by atoms with van der Waals surface area (Å²) in [5, 5.41) is 9.16. The number of rotatable bonds is 4. The Hall–Kier alpha value is -1.03. The van der Waals surface area contributed by atoms with E-state index in [-0.39, 0.29) is 5.41 Å². The van der Waals surface area contributed by atoms with E-state index in [0.29, 0.717) is 23.2 Å². The molecule has 0 aromatic carbocycles. The standard InChI is InChI=1S/C13H18O3S/c1-13(2,3)10-6-9(11(17-10)12(14)15)16-7-8-4-5-8/h6,8H,4-5,7H2,1-3H3,(H,14,15). The predicted molar refractivity (Wildman–Crippen MR) is 68.2 cm³/mol. The number of aromatic carboxylic acids is 1. The molecule has 1 N–H and O–H groups in total. The van der Waals surface area contributed by atoms with Crippen LogP contribution in [0.4, 0.5) is 0 Å². The van der Waals surface area contributed by atoms with Crippen LogP contribution in [0.25, 0.3) is 0 Å². The van der Waals surface area contributed by atoms with E-state index < -0.39 is 5.97 Å². The molecule has 0 amide bonds. The number of ether oxygens (including phenoxy) is 1. The van der Waals surface area contributed by atoms with Crippen molar-refractivity contribution in [3.63, 3.8) is 0 Å². The Kier molecular flexibility index (Phi) is 3.17. The van der Waals surface area contributed by atoms with Crippen molar-refractivity contribution in [1.82, 2.24) is 0 Å². The smallest absolute Gasteiger partial charge is 0.349 e. The number of hydrogen-bond acceptors (Lipinski definition) is 3. The molecular formula is C13H18O3S. The molecule has 0 spiro atoms. The van der Waals surface area contributed by atoms with Gasteiger partial charge in [-0.05, 0) is 30.2 Å². The first-order valence-electron chi connectivity index (χ1n) is 5.88. The zero-order valence-corrected chi connectivity index (χ0v) is 11.3. The second-order valence-electron chi connectivity index (χ2n) is 5.61. The Morgan fingerprint density at radius 3 is 2.65 bits per heavy atom. The first kappa shape index (κ1) is 12.4. The van der Waals surface area contributed by atoms with Crippen molar-refractivity contribution in [3.8, 4) is 5.75 Å². The van der Waals surface area contributed by atoms with E-state index in [0.717, 1.165) is 4.88 Å². The van der Waals surface area contributed by atoms with Crippen LogP contribution in [-0.2, 0) is 5.41 Å². The third kappa shape index (κ3) is 3.00. The minimum Gasteiger partial charge on any atom is -0.491 e. The van der Waals surface area contributed by atoms with Gasteiger partial charge < -0.3 is 9.84 Å². The molecule has 0 atom stereocenters. The van der Waals surface area contributed by atoms with E-state index in [9.17, 15) is 4.79 Å². The zero-order valence-electron chi connectivity index (χ0n) is 10.4. The quantitative estimate of drug-likeness (QED) is 0.894. The fraction of sp³-hybridized carbons (Fsp3) is 0.615. The molecular weight excluding hydrogens is 236 g/mol. The first-order valence-corrected chi connectivity index (χ1v) is 6.70. The summed E-state index contributed by atoms with van der Waals surface area (Å²) in [5.74, 6) is 0.283. The highest BCUT2D eigenvalue weighted by molar-refractivity contribution is 7.14. The van der Waals surface area contributed by atoms with Gasteiger partial charge in [-0.25, -0.2) is 4.79 Å².